The summed E-state index contributed by atoms with van der Waals surface area (Å²) in [6.07, 6.45) is 1.16. The molecule has 0 aromatic heterocycles. The summed E-state index contributed by atoms with van der Waals surface area (Å²) in [5.41, 5.74) is 1.38. The summed E-state index contributed by atoms with van der Waals surface area (Å²) < 4.78 is 1.04. The van der Waals surface area contributed by atoms with E-state index in [4.69, 9.17) is 11.6 Å². The zero-order valence-electron chi connectivity index (χ0n) is 11.8. The molecule has 1 N–H and O–H groups in total. The van der Waals surface area contributed by atoms with Crippen LogP contribution in [0.25, 0.3) is 0 Å². The summed E-state index contributed by atoms with van der Waals surface area (Å²) in [6, 6.07) is 6.75. The summed E-state index contributed by atoms with van der Waals surface area (Å²) in [7, 11) is 0. The van der Waals surface area contributed by atoms with Crippen LogP contribution in [-0.2, 0) is 6.54 Å². The molecular formula is C15H22BrClN2. The lowest BCUT2D eigenvalue weighted by atomic mass is 9.97. The molecule has 1 heterocycles. The minimum absolute atomic E-state index is 0.174. The van der Waals surface area contributed by atoms with Crippen LogP contribution < -0.4 is 5.32 Å². The molecule has 1 aromatic carbocycles. The molecule has 19 heavy (non-hydrogen) atoms. The average Bonchev–Trinajstić information content (AvgIpc) is 2.32. The van der Waals surface area contributed by atoms with Crippen molar-refractivity contribution in [2.24, 2.45) is 0 Å². The van der Waals surface area contributed by atoms with E-state index in [9.17, 15) is 0 Å². The van der Waals surface area contributed by atoms with Crippen molar-refractivity contribution in [3.05, 3.63) is 33.3 Å². The maximum atomic E-state index is 6.34. The molecule has 1 aromatic rings. The predicted molar refractivity (Wildman–Crippen MR) is 85.7 cm³/mol. The van der Waals surface area contributed by atoms with E-state index in [-0.39, 0.29) is 5.54 Å². The van der Waals surface area contributed by atoms with E-state index in [1.165, 1.54) is 5.56 Å². The Bertz CT molecular complexity index is 448. The Hall–Kier alpha value is -0.0900. The highest BCUT2D eigenvalue weighted by molar-refractivity contribution is 9.10. The van der Waals surface area contributed by atoms with Gasteiger partial charge in [0.1, 0.15) is 0 Å². The monoisotopic (exact) mass is 344 g/mol. The normalized spacial score (nSPS) is 23.5. The van der Waals surface area contributed by atoms with Gasteiger partial charge in [0, 0.05) is 40.7 Å². The lowest BCUT2D eigenvalue weighted by Crippen LogP contribution is -2.61. The average molecular weight is 346 g/mol. The Morgan fingerprint density at radius 2 is 2.21 bits per heavy atom. The molecule has 0 aliphatic carbocycles. The molecule has 0 radical (unpaired) electrons. The highest BCUT2D eigenvalue weighted by Crippen LogP contribution is 2.25. The summed E-state index contributed by atoms with van der Waals surface area (Å²) >= 11 is 9.80. The van der Waals surface area contributed by atoms with Gasteiger partial charge < -0.3 is 5.32 Å². The second-order valence-electron chi connectivity index (χ2n) is 5.97. The number of rotatable bonds is 3. The fourth-order valence-corrected chi connectivity index (χ4v) is 3.41. The highest BCUT2D eigenvalue weighted by atomic mass is 79.9. The number of halogens is 2. The minimum atomic E-state index is 0.174. The second kappa shape index (κ2) is 6.13. The molecule has 106 valence electrons. The molecule has 1 atom stereocenters. The molecule has 1 aliphatic heterocycles. The van der Waals surface area contributed by atoms with Crippen molar-refractivity contribution in [1.82, 2.24) is 10.2 Å². The van der Waals surface area contributed by atoms with Crippen molar-refractivity contribution in [1.29, 1.82) is 0 Å². The molecule has 0 bridgehead atoms. The molecule has 1 saturated heterocycles. The molecule has 1 fully saturated rings. The van der Waals surface area contributed by atoms with Gasteiger partial charge in [-0.1, -0.05) is 40.5 Å². The Balaban J connectivity index is 2.14. The van der Waals surface area contributed by atoms with Crippen LogP contribution in [0, 0.1) is 0 Å². The van der Waals surface area contributed by atoms with Crippen molar-refractivity contribution >= 4 is 27.5 Å². The van der Waals surface area contributed by atoms with Crippen LogP contribution in [0.4, 0.5) is 0 Å². The van der Waals surface area contributed by atoms with Crippen LogP contribution in [-0.4, -0.2) is 29.6 Å². The van der Waals surface area contributed by atoms with E-state index in [1.54, 1.807) is 0 Å². The van der Waals surface area contributed by atoms with Gasteiger partial charge >= 0.3 is 0 Å². The molecule has 2 rings (SSSR count). The summed E-state index contributed by atoms with van der Waals surface area (Å²) in [5, 5.41) is 4.46. The minimum Gasteiger partial charge on any atom is -0.309 e. The number of nitrogens with zero attached hydrogens (tertiary/aromatic N) is 1. The van der Waals surface area contributed by atoms with Crippen LogP contribution in [0.2, 0.25) is 5.02 Å². The number of benzene rings is 1. The Morgan fingerprint density at radius 1 is 1.47 bits per heavy atom. The zero-order chi connectivity index (χ0) is 14.0. The molecule has 1 aliphatic rings. The van der Waals surface area contributed by atoms with Gasteiger partial charge in [0.2, 0.25) is 0 Å². The van der Waals surface area contributed by atoms with Crippen molar-refractivity contribution < 1.29 is 0 Å². The van der Waals surface area contributed by atoms with Gasteiger partial charge in [-0.05, 0) is 38.0 Å². The molecule has 0 spiro atoms. The standard InChI is InChI=1S/C15H22BrClN2/c1-4-13-8-18-15(2,3)10-19(13)9-11-5-6-12(16)7-14(11)17/h5-7,13,18H,4,8-10H2,1-3H3. The van der Waals surface area contributed by atoms with Gasteiger partial charge in [0.15, 0.2) is 0 Å². The van der Waals surface area contributed by atoms with Crippen LogP contribution >= 0.6 is 27.5 Å². The Morgan fingerprint density at radius 3 is 2.84 bits per heavy atom. The van der Waals surface area contributed by atoms with E-state index in [1.807, 2.05) is 6.07 Å². The number of hydrogen-bond donors (Lipinski definition) is 1. The van der Waals surface area contributed by atoms with Gasteiger partial charge in [-0.3, -0.25) is 4.90 Å². The third-order valence-corrected chi connectivity index (χ3v) is 4.64. The number of nitrogens with one attached hydrogen (secondary N) is 1. The molecular weight excluding hydrogens is 324 g/mol. The Kier molecular flexibility index (Phi) is 4.93. The smallest absolute Gasteiger partial charge is 0.0462 e. The van der Waals surface area contributed by atoms with Crippen LogP contribution in [0.1, 0.15) is 32.8 Å². The third kappa shape index (κ3) is 3.94. The lowest BCUT2D eigenvalue weighted by molar-refractivity contribution is 0.0859. The van der Waals surface area contributed by atoms with Gasteiger partial charge in [-0.15, -0.1) is 0 Å². The first kappa shape index (κ1) is 15.3. The van der Waals surface area contributed by atoms with E-state index >= 15 is 0 Å². The fourth-order valence-electron chi connectivity index (χ4n) is 2.67. The van der Waals surface area contributed by atoms with Crippen LogP contribution in [0.5, 0.6) is 0 Å². The SMILES string of the molecule is CCC1CNC(C)(C)CN1Cc1ccc(Br)cc1Cl. The molecule has 1 unspecified atom stereocenters. The molecule has 4 heteroatoms. The summed E-state index contributed by atoms with van der Waals surface area (Å²) in [5.74, 6) is 0. The van der Waals surface area contributed by atoms with Crippen molar-refractivity contribution in [2.75, 3.05) is 13.1 Å². The third-order valence-electron chi connectivity index (χ3n) is 3.79. The van der Waals surface area contributed by atoms with Gasteiger partial charge in [0.25, 0.3) is 0 Å². The topological polar surface area (TPSA) is 15.3 Å². The van der Waals surface area contributed by atoms with Crippen LogP contribution in [0.3, 0.4) is 0 Å². The first-order valence-corrected chi connectivity index (χ1v) is 8.01. The maximum absolute atomic E-state index is 6.34. The van der Waals surface area contributed by atoms with Gasteiger partial charge in [-0.25, -0.2) is 0 Å². The van der Waals surface area contributed by atoms with Crippen molar-refractivity contribution in [3.63, 3.8) is 0 Å². The van der Waals surface area contributed by atoms with E-state index in [0.29, 0.717) is 6.04 Å². The largest absolute Gasteiger partial charge is 0.309 e. The first-order chi connectivity index (χ1) is 8.91. The van der Waals surface area contributed by atoms with Gasteiger partial charge in [-0.2, -0.15) is 0 Å². The number of piperazine rings is 1. The molecule has 0 amide bonds. The number of hydrogen-bond acceptors (Lipinski definition) is 2. The van der Waals surface area contributed by atoms with Crippen molar-refractivity contribution in [3.8, 4) is 0 Å². The van der Waals surface area contributed by atoms with Crippen LogP contribution in [0.15, 0.2) is 22.7 Å². The fraction of sp³-hybridized carbons (Fsp3) is 0.600. The lowest BCUT2D eigenvalue weighted by Gasteiger charge is -2.44. The second-order valence-corrected chi connectivity index (χ2v) is 7.29. The molecule has 2 nitrogen and oxygen atoms in total. The molecule has 0 saturated carbocycles. The quantitative estimate of drug-likeness (QED) is 0.888. The highest BCUT2D eigenvalue weighted by Gasteiger charge is 2.31. The predicted octanol–water partition coefficient (Wildman–Crippen LogP) is 4.06. The zero-order valence-corrected chi connectivity index (χ0v) is 14.2. The Labute approximate surface area is 129 Å². The maximum Gasteiger partial charge on any atom is 0.0462 e. The summed E-state index contributed by atoms with van der Waals surface area (Å²) in [6.45, 7) is 9.80. The first-order valence-electron chi connectivity index (χ1n) is 6.84. The van der Waals surface area contributed by atoms with E-state index in [2.05, 4.69) is 59.1 Å². The van der Waals surface area contributed by atoms with E-state index < -0.39 is 0 Å². The van der Waals surface area contributed by atoms with Gasteiger partial charge in [0.05, 0.1) is 0 Å². The van der Waals surface area contributed by atoms with E-state index in [0.717, 1.165) is 35.6 Å². The van der Waals surface area contributed by atoms with Crippen molar-refractivity contribution in [2.45, 2.75) is 45.3 Å². The summed E-state index contributed by atoms with van der Waals surface area (Å²) in [4.78, 5) is 2.55.